The summed E-state index contributed by atoms with van der Waals surface area (Å²) in [5.74, 6) is -1.18. The van der Waals surface area contributed by atoms with E-state index in [1.807, 2.05) is 59.4 Å². The highest BCUT2D eigenvalue weighted by Crippen LogP contribution is 2.26. The zero-order valence-electron chi connectivity index (χ0n) is 13.1. The van der Waals surface area contributed by atoms with Crippen molar-refractivity contribution in [1.82, 2.24) is 0 Å². The zero-order chi connectivity index (χ0) is 15.8. The van der Waals surface area contributed by atoms with Crippen LogP contribution in [0.2, 0.25) is 0 Å². The highest BCUT2D eigenvalue weighted by molar-refractivity contribution is 5.77. The molecule has 2 aromatic rings. The topological polar surface area (TPSA) is 41.2 Å². The minimum atomic E-state index is -0.736. The fourth-order valence-corrected chi connectivity index (χ4v) is 2.76. The molecule has 0 saturated carbocycles. The second-order valence-corrected chi connectivity index (χ2v) is 5.58. The van der Waals surface area contributed by atoms with Crippen molar-refractivity contribution in [2.45, 2.75) is 44.9 Å². The smallest absolute Gasteiger partial charge is 0.311 e. The zero-order valence-corrected chi connectivity index (χ0v) is 13.1. The number of aromatic nitrogens is 1. The van der Waals surface area contributed by atoms with Gasteiger partial charge in [-0.2, -0.15) is 4.57 Å². The van der Waals surface area contributed by atoms with Crippen molar-refractivity contribution >= 4 is 5.97 Å². The van der Waals surface area contributed by atoms with Gasteiger partial charge in [0.15, 0.2) is 12.4 Å². The normalized spacial score (nSPS) is 12.0. The number of carboxylic acids is 1. The predicted molar refractivity (Wildman–Crippen MR) is 87.1 cm³/mol. The van der Waals surface area contributed by atoms with Crippen LogP contribution in [-0.2, 0) is 4.79 Å². The lowest BCUT2D eigenvalue weighted by Gasteiger charge is -2.13. The maximum atomic E-state index is 11.7. The Kier molecular flexibility index (Phi) is 6.13. The van der Waals surface area contributed by atoms with E-state index < -0.39 is 11.9 Å². The molecule has 1 atom stereocenters. The van der Waals surface area contributed by atoms with Gasteiger partial charge in [-0.05, 0) is 6.42 Å². The molecule has 0 aliphatic carbocycles. The molecular weight excluding hydrogens is 274 g/mol. The van der Waals surface area contributed by atoms with Crippen LogP contribution in [0.5, 0.6) is 0 Å². The number of pyridine rings is 1. The summed E-state index contributed by atoms with van der Waals surface area (Å²) in [6.07, 6.45) is 8.98. The number of unbranched alkanes of at least 4 members (excludes halogenated alkanes) is 3. The van der Waals surface area contributed by atoms with E-state index in [0.29, 0.717) is 6.42 Å². The van der Waals surface area contributed by atoms with Gasteiger partial charge in [-0.1, -0.05) is 56.9 Å². The Balaban J connectivity index is 2.26. The number of rotatable bonds is 8. The molecule has 3 heteroatoms. The predicted octanol–water partition coefficient (Wildman–Crippen LogP) is 4.10. The third-order valence-corrected chi connectivity index (χ3v) is 3.95. The summed E-state index contributed by atoms with van der Waals surface area (Å²) in [5, 5.41) is 9.65. The first-order chi connectivity index (χ1) is 10.7. The highest BCUT2D eigenvalue weighted by Gasteiger charge is 2.25. The van der Waals surface area contributed by atoms with Crippen molar-refractivity contribution in [2.75, 3.05) is 0 Å². The maximum Gasteiger partial charge on any atom is 0.311 e. The van der Waals surface area contributed by atoms with E-state index in [2.05, 4.69) is 6.92 Å². The molecule has 116 valence electrons. The van der Waals surface area contributed by atoms with Gasteiger partial charge in [0.1, 0.15) is 0 Å². The molecule has 0 saturated heterocycles. The quantitative estimate of drug-likeness (QED) is 0.589. The van der Waals surface area contributed by atoms with Gasteiger partial charge in [0, 0.05) is 23.8 Å². The lowest BCUT2D eigenvalue weighted by atomic mass is 9.91. The van der Waals surface area contributed by atoms with Crippen LogP contribution in [0, 0.1) is 0 Å². The molecule has 1 heterocycles. The number of nitrogens with zero attached hydrogens (tertiary/aromatic N) is 1. The van der Waals surface area contributed by atoms with Crippen LogP contribution < -0.4 is 4.57 Å². The molecule has 0 spiro atoms. The number of aliphatic carboxylic acids is 1. The van der Waals surface area contributed by atoms with Crippen molar-refractivity contribution in [3.8, 4) is 5.69 Å². The Labute approximate surface area is 132 Å². The highest BCUT2D eigenvalue weighted by atomic mass is 16.4. The second kappa shape index (κ2) is 8.32. The molecule has 1 aromatic carbocycles. The Morgan fingerprint density at radius 2 is 1.77 bits per heavy atom. The molecule has 1 N–H and O–H groups in total. The maximum absolute atomic E-state index is 11.7. The second-order valence-electron chi connectivity index (χ2n) is 5.58. The molecule has 0 aliphatic heterocycles. The van der Waals surface area contributed by atoms with Gasteiger partial charge >= 0.3 is 5.97 Å². The van der Waals surface area contributed by atoms with Crippen molar-refractivity contribution < 1.29 is 14.5 Å². The number of hydrogen-bond donors (Lipinski definition) is 1. The lowest BCUT2D eigenvalue weighted by molar-refractivity contribution is -0.596. The minimum Gasteiger partial charge on any atom is -0.481 e. The summed E-state index contributed by atoms with van der Waals surface area (Å²) < 4.78 is 1.98. The summed E-state index contributed by atoms with van der Waals surface area (Å²) in [6.45, 7) is 2.16. The number of benzene rings is 1. The van der Waals surface area contributed by atoms with E-state index in [1.54, 1.807) is 0 Å². The number of hydrogen-bond acceptors (Lipinski definition) is 1. The van der Waals surface area contributed by atoms with Gasteiger partial charge in [0.05, 0.1) is 5.92 Å². The molecule has 0 fully saturated rings. The van der Waals surface area contributed by atoms with Crippen LogP contribution in [0.25, 0.3) is 5.69 Å². The summed E-state index contributed by atoms with van der Waals surface area (Å²) in [4.78, 5) is 11.7. The van der Waals surface area contributed by atoms with Crippen molar-refractivity contribution in [3.63, 3.8) is 0 Å². The van der Waals surface area contributed by atoms with Crippen molar-refractivity contribution in [1.29, 1.82) is 0 Å². The van der Waals surface area contributed by atoms with Gasteiger partial charge in [0.25, 0.3) is 0 Å². The summed E-state index contributed by atoms with van der Waals surface area (Å²) in [6, 6.07) is 13.7. The van der Waals surface area contributed by atoms with Gasteiger partial charge in [0.2, 0.25) is 5.69 Å². The lowest BCUT2D eigenvalue weighted by Crippen LogP contribution is -2.32. The van der Waals surface area contributed by atoms with Gasteiger partial charge in [-0.3, -0.25) is 4.79 Å². The van der Waals surface area contributed by atoms with Crippen LogP contribution in [0.1, 0.15) is 50.5 Å². The van der Waals surface area contributed by atoms with Crippen molar-refractivity contribution in [3.05, 3.63) is 60.4 Å². The molecule has 2 rings (SSSR count). The molecule has 22 heavy (non-hydrogen) atoms. The molecule has 1 unspecified atom stereocenters. The molecule has 0 aliphatic rings. The van der Waals surface area contributed by atoms with Gasteiger partial charge in [-0.25, -0.2) is 0 Å². The Morgan fingerprint density at radius 1 is 1.05 bits per heavy atom. The monoisotopic (exact) mass is 298 g/mol. The number of para-hydroxylation sites is 1. The SMILES string of the molecule is CCCCCCC(C(=O)O)c1ccccc1-[n+]1ccccc1. The fraction of sp³-hybridized carbons (Fsp3) is 0.368. The molecule has 1 aromatic heterocycles. The first-order valence-electron chi connectivity index (χ1n) is 8.02. The van der Waals surface area contributed by atoms with Gasteiger partial charge in [-0.15, -0.1) is 0 Å². The van der Waals surface area contributed by atoms with E-state index in [1.165, 1.54) is 6.42 Å². The summed E-state index contributed by atoms with van der Waals surface area (Å²) in [5.41, 5.74) is 1.84. The third-order valence-electron chi connectivity index (χ3n) is 3.95. The van der Waals surface area contributed by atoms with Crippen molar-refractivity contribution in [2.24, 2.45) is 0 Å². The Hall–Kier alpha value is -2.16. The average Bonchev–Trinajstić information content (AvgIpc) is 2.55. The molecule has 0 radical (unpaired) electrons. The van der Waals surface area contributed by atoms with Crippen LogP contribution in [-0.4, -0.2) is 11.1 Å². The average molecular weight is 298 g/mol. The molecular formula is C19H24NO2+. The standard InChI is InChI=1S/C19H23NO2/c1-2-3-4-6-12-17(19(21)22)16-11-7-8-13-18(16)20-14-9-5-10-15-20/h5,7-11,13-15,17H,2-4,6,12H2,1H3/p+1. The first kappa shape index (κ1) is 16.2. The van der Waals surface area contributed by atoms with Crippen LogP contribution >= 0.6 is 0 Å². The summed E-state index contributed by atoms with van der Waals surface area (Å²) in [7, 11) is 0. The molecule has 0 amide bonds. The molecule has 3 nitrogen and oxygen atoms in total. The largest absolute Gasteiger partial charge is 0.481 e. The Bertz CT molecular complexity index is 595. The number of carbonyl (C=O) groups is 1. The van der Waals surface area contributed by atoms with E-state index in [9.17, 15) is 9.90 Å². The Morgan fingerprint density at radius 3 is 2.45 bits per heavy atom. The van der Waals surface area contributed by atoms with E-state index >= 15 is 0 Å². The van der Waals surface area contributed by atoms with Gasteiger partial charge < -0.3 is 5.11 Å². The number of carboxylic acid groups (broad SMARTS) is 1. The van der Waals surface area contributed by atoms with E-state index in [4.69, 9.17) is 0 Å². The van der Waals surface area contributed by atoms with Crippen LogP contribution in [0.4, 0.5) is 0 Å². The first-order valence-corrected chi connectivity index (χ1v) is 8.02. The third kappa shape index (κ3) is 4.17. The fourth-order valence-electron chi connectivity index (χ4n) is 2.76. The van der Waals surface area contributed by atoms with Crippen LogP contribution in [0.15, 0.2) is 54.9 Å². The van der Waals surface area contributed by atoms with E-state index in [-0.39, 0.29) is 0 Å². The van der Waals surface area contributed by atoms with Crippen LogP contribution in [0.3, 0.4) is 0 Å². The summed E-state index contributed by atoms with van der Waals surface area (Å²) >= 11 is 0. The molecule has 0 bridgehead atoms. The minimum absolute atomic E-state index is 0.444. The van der Waals surface area contributed by atoms with E-state index in [0.717, 1.165) is 30.5 Å².